The summed E-state index contributed by atoms with van der Waals surface area (Å²) in [5.74, 6) is -0.446. The Morgan fingerprint density at radius 1 is 1.18 bits per heavy atom. The lowest BCUT2D eigenvalue weighted by Crippen LogP contribution is -2.48. The zero-order valence-corrected chi connectivity index (χ0v) is 22.9. The highest BCUT2D eigenvalue weighted by Gasteiger charge is 2.45. The van der Waals surface area contributed by atoms with Crippen molar-refractivity contribution in [2.45, 2.75) is 96.1 Å². The molecule has 0 spiro atoms. The average Bonchev–Trinajstić information content (AvgIpc) is 3.50. The monoisotopic (exact) mass is 555 g/mol. The van der Waals surface area contributed by atoms with Gasteiger partial charge in [-0.2, -0.15) is 18.3 Å². The van der Waals surface area contributed by atoms with Gasteiger partial charge in [0.15, 0.2) is 5.69 Å². The average molecular weight is 556 g/mol. The van der Waals surface area contributed by atoms with Gasteiger partial charge in [0.2, 0.25) is 5.91 Å². The third-order valence-corrected chi connectivity index (χ3v) is 9.42. The van der Waals surface area contributed by atoms with E-state index in [-0.39, 0.29) is 41.3 Å². The van der Waals surface area contributed by atoms with Crippen molar-refractivity contribution in [3.63, 3.8) is 0 Å². The first-order valence-corrected chi connectivity index (χ1v) is 14.6. The first-order valence-electron chi connectivity index (χ1n) is 14.6. The number of rotatable bonds is 8. The molecule has 11 heteroatoms. The Morgan fingerprint density at radius 3 is 2.54 bits per heavy atom. The third-order valence-electron chi connectivity index (χ3n) is 9.42. The van der Waals surface area contributed by atoms with Crippen LogP contribution in [-0.4, -0.2) is 58.5 Å². The molecule has 5 rings (SSSR count). The number of aryl methyl sites for hydroxylation is 1. The first-order chi connectivity index (χ1) is 18.5. The number of hydrogen-bond acceptors (Lipinski definition) is 4. The van der Waals surface area contributed by atoms with Crippen molar-refractivity contribution >= 4 is 11.9 Å². The Hall–Kier alpha value is -2.33. The number of alkyl halides is 4. The van der Waals surface area contributed by atoms with E-state index in [0.717, 1.165) is 25.7 Å². The molecule has 218 valence electrons. The zero-order chi connectivity index (χ0) is 27.9. The minimum atomic E-state index is -4.58. The maximum Gasteiger partial charge on any atom is 0.435 e. The van der Waals surface area contributed by atoms with Crippen LogP contribution < -0.4 is 5.32 Å². The van der Waals surface area contributed by atoms with Gasteiger partial charge >= 0.3 is 6.18 Å². The fourth-order valence-corrected chi connectivity index (χ4v) is 7.19. The van der Waals surface area contributed by atoms with E-state index < -0.39 is 29.9 Å². The van der Waals surface area contributed by atoms with Crippen LogP contribution in [-0.2, 0) is 22.3 Å². The molecule has 1 aliphatic heterocycles. The maximum absolute atomic E-state index is 14.2. The summed E-state index contributed by atoms with van der Waals surface area (Å²) in [6, 6.07) is 0.0827. The molecule has 2 N–H and O–H groups in total. The summed E-state index contributed by atoms with van der Waals surface area (Å²) in [6.07, 6.45) is 1.63. The van der Waals surface area contributed by atoms with Gasteiger partial charge in [0.05, 0.1) is 6.54 Å². The van der Waals surface area contributed by atoms with Crippen LogP contribution in [0.15, 0.2) is 6.20 Å². The van der Waals surface area contributed by atoms with Crippen LogP contribution in [0, 0.1) is 35.0 Å². The molecule has 1 aromatic rings. The van der Waals surface area contributed by atoms with E-state index in [2.05, 4.69) is 10.4 Å². The molecule has 6 unspecified atom stereocenters. The van der Waals surface area contributed by atoms with Crippen molar-refractivity contribution in [3.8, 4) is 0 Å². The van der Waals surface area contributed by atoms with Gasteiger partial charge in [-0.15, -0.1) is 0 Å². The van der Waals surface area contributed by atoms with Gasteiger partial charge in [-0.1, -0.05) is 6.92 Å². The summed E-state index contributed by atoms with van der Waals surface area (Å²) in [5, 5.41) is 15.2. The molecule has 1 saturated heterocycles. The fraction of sp³-hybridized carbons (Fsp3) is 0.821. The molecule has 0 aromatic carbocycles. The lowest BCUT2D eigenvalue weighted by atomic mass is 9.71. The Labute approximate surface area is 227 Å². The number of amides is 1. The highest BCUT2D eigenvalue weighted by Crippen LogP contribution is 2.46. The van der Waals surface area contributed by atoms with Gasteiger partial charge in [-0.3, -0.25) is 14.9 Å². The van der Waals surface area contributed by atoms with Crippen LogP contribution in [0.2, 0.25) is 0 Å². The van der Waals surface area contributed by atoms with Gasteiger partial charge in [-0.25, -0.2) is 4.39 Å². The normalized spacial score (nSPS) is 32.7. The lowest BCUT2D eigenvalue weighted by Gasteiger charge is -2.39. The molecule has 7 atom stereocenters. The lowest BCUT2D eigenvalue weighted by molar-refractivity contribution is -0.142. The summed E-state index contributed by atoms with van der Waals surface area (Å²) in [6.45, 7) is 5.49. The SMILES string of the molecule is CCn1cc(C2CC(CN3CCOC3=N)CC(C(=O)N[C@@H](C3CC3)C3CCC(F)C(C)C3)C2)c(C(F)(F)F)n1. The molecular weight excluding hydrogens is 514 g/mol. The summed E-state index contributed by atoms with van der Waals surface area (Å²) in [5.41, 5.74) is -0.701. The highest BCUT2D eigenvalue weighted by molar-refractivity contribution is 5.79. The number of aromatic nitrogens is 2. The molecular formula is C28H41F4N5O2. The van der Waals surface area contributed by atoms with Gasteiger partial charge in [0.1, 0.15) is 12.8 Å². The number of nitrogens with one attached hydrogen (secondary N) is 2. The van der Waals surface area contributed by atoms with Gasteiger partial charge in [0.25, 0.3) is 6.02 Å². The molecule has 1 amide bonds. The predicted octanol–water partition coefficient (Wildman–Crippen LogP) is 5.36. The smallest absolute Gasteiger partial charge is 0.435 e. The Kier molecular flexibility index (Phi) is 8.15. The zero-order valence-electron chi connectivity index (χ0n) is 22.9. The van der Waals surface area contributed by atoms with Gasteiger partial charge in [0, 0.05) is 36.8 Å². The number of carbonyl (C=O) groups excluding carboxylic acids is 1. The number of ether oxygens (including phenoxy) is 1. The predicted molar refractivity (Wildman–Crippen MR) is 138 cm³/mol. The van der Waals surface area contributed by atoms with E-state index in [1.54, 1.807) is 6.92 Å². The van der Waals surface area contributed by atoms with Crippen molar-refractivity contribution in [2.75, 3.05) is 19.7 Å². The van der Waals surface area contributed by atoms with Crippen LogP contribution >= 0.6 is 0 Å². The quantitative estimate of drug-likeness (QED) is 0.423. The molecule has 7 nitrogen and oxygen atoms in total. The second-order valence-corrected chi connectivity index (χ2v) is 12.3. The van der Waals surface area contributed by atoms with E-state index in [4.69, 9.17) is 10.1 Å². The molecule has 3 aliphatic carbocycles. The van der Waals surface area contributed by atoms with Crippen molar-refractivity contribution in [1.82, 2.24) is 20.0 Å². The number of carbonyl (C=O) groups is 1. The van der Waals surface area contributed by atoms with Crippen LogP contribution in [0.25, 0.3) is 0 Å². The van der Waals surface area contributed by atoms with E-state index in [9.17, 15) is 22.4 Å². The van der Waals surface area contributed by atoms with Crippen molar-refractivity contribution in [1.29, 1.82) is 5.41 Å². The Balaban J connectivity index is 1.36. The topological polar surface area (TPSA) is 83.2 Å². The number of hydrogen-bond donors (Lipinski definition) is 2. The number of halogens is 4. The molecule has 1 aromatic heterocycles. The highest BCUT2D eigenvalue weighted by atomic mass is 19.4. The molecule has 2 heterocycles. The molecule has 3 saturated carbocycles. The van der Waals surface area contributed by atoms with E-state index in [0.29, 0.717) is 57.8 Å². The number of nitrogens with zero attached hydrogens (tertiary/aromatic N) is 3. The van der Waals surface area contributed by atoms with Crippen LogP contribution in [0.1, 0.15) is 82.4 Å². The minimum absolute atomic E-state index is 0.0000130. The summed E-state index contributed by atoms with van der Waals surface area (Å²) < 4.78 is 62.7. The van der Waals surface area contributed by atoms with Crippen LogP contribution in [0.3, 0.4) is 0 Å². The summed E-state index contributed by atoms with van der Waals surface area (Å²) in [7, 11) is 0. The molecule has 4 aliphatic rings. The summed E-state index contributed by atoms with van der Waals surface area (Å²) >= 11 is 0. The molecule has 0 bridgehead atoms. The molecule has 4 fully saturated rings. The standard InChI is InChI=1S/C28H41F4N5O2/c1-3-37-15-22(25(35-37)28(30,31)32)20-11-17(14-36-8-9-39-27(36)33)12-21(13-20)26(38)34-24(18-4-5-18)19-6-7-23(29)16(2)10-19/h15-21,23-24,33H,3-14H2,1-2H3,(H,34,38)/t16?,17?,19?,20?,21?,23?,24-/m0/s1. The Morgan fingerprint density at radius 2 is 1.92 bits per heavy atom. The molecule has 39 heavy (non-hydrogen) atoms. The van der Waals surface area contributed by atoms with E-state index in [1.807, 2.05) is 11.8 Å². The van der Waals surface area contributed by atoms with E-state index >= 15 is 0 Å². The van der Waals surface area contributed by atoms with Crippen molar-refractivity contribution < 1.29 is 27.1 Å². The Bertz CT molecular complexity index is 1040. The summed E-state index contributed by atoms with van der Waals surface area (Å²) in [4.78, 5) is 15.6. The maximum atomic E-state index is 14.2. The fourth-order valence-electron chi connectivity index (χ4n) is 7.19. The van der Waals surface area contributed by atoms with Crippen LogP contribution in [0.5, 0.6) is 0 Å². The first kappa shape index (κ1) is 28.2. The van der Waals surface area contributed by atoms with Gasteiger partial charge < -0.3 is 15.0 Å². The third kappa shape index (κ3) is 6.37. The second-order valence-electron chi connectivity index (χ2n) is 12.3. The second kappa shape index (κ2) is 11.3. The largest absolute Gasteiger partial charge is 0.463 e. The molecule has 0 radical (unpaired) electrons. The van der Waals surface area contributed by atoms with Gasteiger partial charge in [-0.05, 0) is 87.9 Å². The van der Waals surface area contributed by atoms with E-state index in [1.165, 1.54) is 10.9 Å². The number of amidine groups is 1. The van der Waals surface area contributed by atoms with Crippen LogP contribution in [0.4, 0.5) is 17.6 Å². The van der Waals surface area contributed by atoms with Crippen molar-refractivity contribution in [2.24, 2.45) is 29.6 Å². The minimum Gasteiger partial charge on any atom is -0.463 e. The van der Waals surface area contributed by atoms with Crippen molar-refractivity contribution in [3.05, 3.63) is 17.5 Å².